The highest BCUT2D eigenvalue weighted by molar-refractivity contribution is 6.04. The van der Waals surface area contributed by atoms with Gasteiger partial charge in [0.1, 0.15) is 11.3 Å². The first-order valence-electron chi connectivity index (χ1n) is 7.65. The van der Waals surface area contributed by atoms with Crippen molar-refractivity contribution < 1.29 is 13.9 Å². The molecule has 23 heavy (non-hydrogen) atoms. The third-order valence-electron chi connectivity index (χ3n) is 3.97. The maximum atomic E-state index is 13.7. The normalized spacial score (nSPS) is 19.0. The number of rotatable bonds is 4. The average Bonchev–Trinajstić information content (AvgIpc) is 2.55. The third-order valence-corrected chi connectivity index (χ3v) is 3.97. The molecule has 1 unspecified atom stereocenters. The first-order valence-corrected chi connectivity index (χ1v) is 7.65. The van der Waals surface area contributed by atoms with E-state index in [4.69, 9.17) is 4.74 Å². The van der Waals surface area contributed by atoms with Crippen molar-refractivity contribution in [3.8, 4) is 0 Å². The second-order valence-electron chi connectivity index (χ2n) is 5.59. The molecule has 0 radical (unpaired) electrons. The molecular formula is C16H19FN4O2. The smallest absolute Gasteiger partial charge is 0.253 e. The van der Waals surface area contributed by atoms with Crippen LogP contribution in [0.3, 0.4) is 0 Å². The molecule has 1 aromatic carbocycles. The van der Waals surface area contributed by atoms with E-state index >= 15 is 0 Å². The standard InChI is InChI=1S/C16H19FN4O2/c1-11-10-23-7-6-21(11)5-4-20-16(22)13-8-12(17)9-14-15(13)19-3-2-18-14/h2-3,8-9,11H,4-7,10H2,1H3,(H,20,22). The fourth-order valence-electron chi connectivity index (χ4n) is 2.72. The van der Waals surface area contributed by atoms with E-state index in [9.17, 15) is 9.18 Å². The number of benzene rings is 1. The Hall–Kier alpha value is -2.12. The summed E-state index contributed by atoms with van der Waals surface area (Å²) in [6.07, 6.45) is 2.97. The van der Waals surface area contributed by atoms with Gasteiger partial charge in [0.2, 0.25) is 0 Å². The number of carbonyl (C=O) groups is 1. The molecule has 122 valence electrons. The van der Waals surface area contributed by atoms with Crippen LogP contribution in [0, 0.1) is 5.82 Å². The van der Waals surface area contributed by atoms with Crippen molar-refractivity contribution in [2.24, 2.45) is 0 Å². The Kier molecular flexibility index (Phi) is 4.78. The van der Waals surface area contributed by atoms with Crippen LogP contribution in [-0.2, 0) is 4.74 Å². The number of aromatic nitrogens is 2. The number of nitrogens with one attached hydrogen (secondary N) is 1. The molecule has 1 N–H and O–H groups in total. The molecule has 1 aliphatic heterocycles. The van der Waals surface area contributed by atoms with E-state index in [2.05, 4.69) is 27.1 Å². The average molecular weight is 318 g/mol. The summed E-state index contributed by atoms with van der Waals surface area (Å²) >= 11 is 0. The molecule has 2 heterocycles. The molecule has 0 aliphatic carbocycles. The molecule has 3 rings (SSSR count). The number of halogens is 1. The number of ether oxygens (including phenoxy) is 1. The van der Waals surface area contributed by atoms with Crippen molar-refractivity contribution in [3.05, 3.63) is 35.9 Å². The van der Waals surface area contributed by atoms with Crippen LogP contribution in [0.4, 0.5) is 4.39 Å². The van der Waals surface area contributed by atoms with Gasteiger partial charge in [0.25, 0.3) is 5.91 Å². The minimum absolute atomic E-state index is 0.211. The predicted molar refractivity (Wildman–Crippen MR) is 83.7 cm³/mol. The largest absolute Gasteiger partial charge is 0.379 e. The zero-order valence-corrected chi connectivity index (χ0v) is 13.0. The molecule has 1 aromatic heterocycles. The summed E-state index contributed by atoms with van der Waals surface area (Å²) in [6.45, 7) is 5.58. The highest BCUT2D eigenvalue weighted by Crippen LogP contribution is 2.16. The molecule has 1 amide bonds. The van der Waals surface area contributed by atoms with E-state index in [1.54, 1.807) is 0 Å². The lowest BCUT2D eigenvalue weighted by molar-refractivity contribution is 0.000541. The van der Waals surface area contributed by atoms with Gasteiger partial charge in [-0.25, -0.2) is 4.39 Å². The van der Waals surface area contributed by atoms with Crippen LogP contribution in [0.15, 0.2) is 24.5 Å². The maximum absolute atomic E-state index is 13.7. The predicted octanol–water partition coefficient (Wildman–Crippen LogP) is 1.22. The van der Waals surface area contributed by atoms with Gasteiger partial charge in [-0.15, -0.1) is 0 Å². The minimum atomic E-state index is -0.495. The van der Waals surface area contributed by atoms with Gasteiger partial charge in [0.15, 0.2) is 0 Å². The molecule has 6 nitrogen and oxygen atoms in total. The number of nitrogens with zero attached hydrogens (tertiary/aromatic N) is 3. The van der Waals surface area contributed by atoms with Gasteiger partial charge in [0.05, 0.1) is 24.3 Å². The summed E-state index contributed by atoms with van der Waals surface area (Å²) in [5, 5.41) is 2.83. The quantitative estimate of drug-likeness (QED) is 0.918. The molecule has 2 aromatic rings. The number of amides is 1. The number of fused-ring (bicyclic) bond motifs is 1. The fraction of sp³-hybridized carbons (Fsp3) is 0.438. The number of carbonyl (C=O) groups excluding carboxylic acids is 1. The second-order valence-corrected chi connectivity index (χ2v) is 5.59. The van der Waals surface area contributed by atoms with Gasteiger partial charge in [-0.1, -0.05) is 0 Å². The number of hydrogen-bond acceptors (Lipinski definition) is 5. The van der Waals surface area contributed by atoms with E-state index in [1.807, 2.05) is 0 Å². The van der Waals surface area contributed by atoms with E-state index in [0.717, 1.165) is 13.1 Å². The first kappa shape index (κ1) is 15.8. The van der Waals surface area contributed by atoms with Crippen molar-refractivity contribution in [1.82, 2.24) is 20.2 Å². The van der Waals surface area contributed by atoms with E-state index in [1.165, 1.54) is 24.5 Å². The molecule has 1 aliphatic rings. The Morgan fingerprint density at radius 1 is 1.43 bits per heavy atom. The van der Waals surface area contributed by atoms with Crippen LogP contribution in [0.1, 0.15) is 17.3 Å². The van der Waals surface area contributed by atoms with E-state index in [0.29, 0.717) is 36.8 Å². The lowest BCUT2D eigenvalue weighted by Crippen LogP contribution is -2.46. The Morgan fingerprint density at radius 2 is 2.26 bits per heavy atom. The van der Waals surface area contributed by atoms with Crippen LogP contribution in [-0.4, -0.2) is 59.7 Å². The Morgan fingerprint density at radius 3 is 3.09 bits per heavy atom. The van der Waals surface area contributed by atoms with Crippen LogP contribution in [0.2, 0.25) is 0 Å². The lowest BCUT2D eigenvalue weighted by Gasteiger charge is -2.33. The van der Waals surface area contributed by atoms with E-state index < -0.39 is 5.82 Å². The highest BCUT2D eigenvalue weighted by Gasteiger charge is 2.19. The van der Waals surface area contributed by atoms with Crippen molar-refractivity contribution in [1.29, 1.82) is 0 Å². The summed E-state index contributed by atoms with van der Waals surface area (Å²) in [5.74, 6) is -0.833. The summed E-state index contributed by atoms with van der Waals surface area (Å²) < 4.78 is 19.0. The number of morpholine rings is 1. The van der Waals surface area contributed by atoms with Crippen molar-refractivity contribution >= 4 is 16.9 Å². The Bertz CT molecular complexity index is 710. The number of hydrogen-bond donors (Lipinski definition) is 1. The molecule has 0 saturated carbocycles. The lowest BCUT2D eigenvalue weighted by atomic mass is 10.1. The van der Waals surface area contributed by atoms with Crippen molar-refractivity contribution in [3.63, 3.8) is 0 Å². The monoisotopic (exact) mass is 318 g/mol. The maximum Gasteiger partial charge on any atom is 0.253 e. The zero-order valence-electron chi connectivity index (χ0n) is 13.0. The molecule has 1 fully saturated rings. The summed E-state index contributed by atoms with van der Waals surface area (Å²) in [4.78, 5) is 22.8. The van der Waals surface area contributed by atoms with Gasteiger partial charge in [-0.3, -0.25) is 19.7 Å². The van der Waals surface area contributed by atoms with Crippen LogP contribution in [0.5, 0.6) is 0 Å². The summed E-state index contributed by atoms with van der Waals surface area (Å²) in [7, 11) is 0. The molecule has 0 spiro atoms. The Labute approximate surface area is 133 Å². The fourth-order valence-corrected chi connectivity index (χ4v) is 2.72. The summed E-state index contributed by atoms with van der Waals surface area (Å²) in [5.41, 5.74) is 0.994. The highest BCUT2D eigenvalue weighted by atomic mass is 19.1. The van der Waals surface area contributed by atoms with Gasteiger partial charge < -0.3 is 10.1 Å². The van der Waals surface area contributed by atoms with E-state index in [-0.39, 0.29) is 11.5 Å². The molecule has 1 atom stereocenters. The zero-order chi connectivity index (χ0) is 16.2. The molecular weight excluding hydrogens is 299 g/mol. The molecule has 7 heteroatoms. The van der Waals surface area contributed by atoms with Gasteiger partial charge in [-0.05, 0) is 13.0 Å². The third kappa shape index (κ3) is 3.62. The van der Waals surface area contributed by atoms with Crippen molar-refractivity contribution in [2.45, 2.75) is 13.0 Å². The minimum Gasteiger partial charge on any atom is -0.379 e. The van der Waals surface area contributed by atoms with Gasteiger partial charge >= 0.3 is 0 Å². The topological polar surface area (TPSA) is 67.3 Å². The van der Waals surface area contributed by atoms with Gasteiger partial charge in [-0.2, -0.15) is 0 Å². The second kappa shape index (κ2) is 6.97. The van der Waals surface area contributed by atoms with Crippen LogP contribution in [0.25, 0.3) is 11.0 Å². The summed E-state index contributed by atoms with van der Waals surface area (Å²) in [6, 6.07) is 2.81. The SMILES string of the molecule is CC1COCCN1CCNC(=O)c1cc(F)cc2nccnc12. The molecule has 1 saturated heterocycles. The van der Waals surface area contributed by atoms with Crippen LogP contribution < -0.4 is 5.32 Å². The van der Waals surface area contributed by atoms with Crippen LogP contribution >= 0.6 is 0 Å². The van der Waals surface area contributed by atoms with Gasteiger partial charge in [0, 0.05) is 44.1 Å². The molecule has 0 bridgehead atoms. The van der Waals surface area contributed by atoms with Crippen molar-refractivity contribution in [2.75, 3.05) is 32.8 Å². The Balaban J connectivity index is 1.66. The first-order chi connectivity index (χ1) is 11.1.